The van der Waals surface area contributed by atoms with E-state index in [0.29, 0.717) is 5.76 Å². The average molecular weight is 390 g/mol. The van der Waals surface area contributed by atoms with Crippen molar-refractivity contribution in [2.75, 3.05) is 16.8 Å². The smallest absolute Gasteiger partial charge is 0.360 e. The maximum absolute atomic E-state index is 12.9. The van der Waals surface area contributed by atoms with E-state index >= 15 is 0 Å². The van der Waals surface area contributed by atoms with Crippen molar-refractivity contribution in [1.82, 2.24) is 5.16 Å². The van der Waals surface area contributed by atoms with Crippen LogP contribution in [0, 0.1) is 6.92 Å². The van der Waals surface area contributed by atoms with Crippen molar-refractivity contribution in [3.05, 3.63) is 40.6 Å². The minimum atomic E-state index is -4.58. The maximum atomic E-state index is 12.9. The predicted molar refractivity (Wildman–Crippen MR) is 89.0 cm³/mol. The van der Waals surface area contributed by atoms with Gasteiger partial charge in [0.1, 0.15) is 5.76 Å². The van der Waals surface area contributed by atoms with E-state index in [4.69, 9.17) is 16.1 Å². The Balaban J connectivity index is 2.14. The van der Waals surface area contributed by atoms with Crippen molar-refractivity contribution >= 4 is 34.9 Å². The van der Waals surface area contributed by atoms with Crippen LogP contribution in [-0.4, -0.2) is 23.5 Å². The second-order valence-electron chi connectivity index (χ2n) is 5.46. The van der Waals surface area contributed by atoms with Crippen LogP contribution in [0.5, 0.6) is 0 Å². The highest BCUT2D eigenvalue weighted by Crippen LogP contribution is 2.35. The molecule has 6 nitrogen and oxygen atoms in total. The molecule has 1 N–H and O–H groups in total. The molecule has 10 heteroatoms. The zero-order valence-corrected chi connectivity index (χ0v) is 14.6. The van der Waals surface area contributed by atoms with E-state index < -0.39 is 23.6 Å². The van der Waals surface area contributed by atoms with Gasteiger partial charge in [0.25, 0.3) is 0 Å². The third kappa shape index (κ3) is 4.98. The van der Waals surface area contributed by atoms with E-state index in [0.717, 1.165) is 23.1 Å². The molecule has 2 aromatic rings. The molecule has 0 saturated carbocycles. The largest absolute Gasteiger partial charge is 0.416 e. The molecule has 0 aliphatic heterocycles. The molecule has 0 saturated heterocycles. The summed E-state index contributed by atoms with van der Waals surface area (Å²) in [4.78, 5) is 24.8. The number of hydrogen-bond donors (Lipinski definition) is 1. The SMILES string of the molecule is CC(=O)N(CCC(=O)Nc1cc(C)on1)c1cc(C(F)(F)F)ccc1Cl. The predicted octanol–water partition coefficient (Wildman–Crippen LogP) is 4.04. The Kier molecular flexibility index (Phi) is 5.91. The molecule has 1 aromatic carbocycles. The molecule has 0 aliphatic rings. The number of anilines is 2. The maximum Gasteiger partial charge on any atom is 0.416 e. The summed E-state index contributed by atoms with van der Waals surface area (Å²) in [6, 6.07) is 4.17. The lowest BCUT2D eigenvalue weighted by Crippen LogP contribution is -2.32. The fraction of sp³-hybridized carbons (Fsp3) is 0.312. The van der Waals surface area contributed by atoms with Crippen LogP contribution in [0.3, 0.4) is 0 Å². The number of amides is 2. The number of carbonyl (C=O) groups is 2. The molecule has 0 fully saturated rings. The van der Waals surface area contributed by atoms with Crippen LogP contribution in [0.2, 0.25) is 5.02 Å². The lowest BCUT2D eigenvalue weighted by atomic mass is 10.1. The van der Waals surface area contributed by atoms with Gasteiger partial charge in [-0.15, -0.1) is 0 Å². The van der Waals surface area contributed by atoms with E-state index in [9.17, 15) is 22.8 Å². The number of hydrogen-bond acceptors (Lipinski definition) is 4. The summed E-state index contributed by atoms with van der Waals surface area (Å²) < 4.78 is 43.5. The van der Waals surface area contributed by atoms with Gasteiger partial charge in [0.05, 0.1) is 16.3 Å². The zero-order chi connectivity index (χ0) is 19.5. The summed E-state index contributed by atoms with van der Waals surface area (Å²) in [5.41, 5.74) is -1.05. The number of nitrogens with one attached hydrogen (secondary N) is 1. The van der Waals surface area contributed by atoms with Gasteiger partial charge in [-0.05, 0) is 25.1 Å². The van der Waals surface area contributed by atoms with Gasteiger partial charge in [-0.1, -0.05) is 16.8 Å². The van der Waals surface area contributed by atoms with Crippen LogP contribution in [0.1, 0.15) is 24.7 Å². The molecule has 1 aromatic heterocycles. The molecule has 0 aliphatic carbocycles. The summed E-state index contributed by atoms with van der Waals surface area (Å²) in [5.74, 6) is -0.315. The molecule has 0 bridgehead atoms. The Labute approximate surface area is 151 Å². The lowest BCUT2D eigenvalue weighted by molar-refractivity contribution is -0.137. The number of benzene rings is 1. The number of halogens is 4. The zero-order valence-electron chi connectivity index (χ0n) is 13.9. The molecule has 26 heavy (non-hydrogen) atoms. The molecule has 0 radical (unpaired) electrons. The standard InChI is InChI=1S/C16H15ClF3N3O3/c1-9-7-14(22-26-9)21-15(25)5-6-23(10(2)24)13-8-11(16(18,19)20)3-4-12(13)17/h3-4,7-8H,5-6H2,1-2H3,(H,21,22,25). The number of nitrogens with zero attached hydrogens (tertiary/aromatic N) is 2. The van der Waals surface area contributed by atoms with Crippen LogP contribution < -0.4 is 10.2 Å². The average Bonchev–Trinajstić information content (AvgIpc) is 2.92. The Bertz CT molecular complexity index is 821. The number of rotatable bonds is 5. The molecule has 2 rings (SSSR count). The first-order valence-electron chi connectivity index (χ1n) is 7.46. The third-order valence-electron chi connectivity index (χ3n) is 3.40. The van der Waals surface area contributed by atoms with Gasteiger partial charge in [-0.2, -0.15) is 13.2 Å². The second-order valence-corrected chi connectivity index (χ2v) is 5.86. The topological polar surface area (TPSA) is 75.4 Å². The minimum Gasteiger partial charge on any atom is -0.360 e. The highest BCUT2D eigenvalue weighted by Gasteiger charge is 2.32. The number of aryl methyl sites for hydroxylation is 1. The van der Waals surface area contributed by atoms with E-state index in [1.807, 2.05) is 0 Å². The van der Waals surface area contributed by atoms with Crippen molar-refractivity contribution in [2.45, 2.75) is 26.4 Å². The fourth-order valence-electron chi connectivity index (χ4n) is 2.19. The van der Waals surface area contributed by atoms with Gasteiger partial charge in [-0.25, -0.2) is 0 Å². The molecular weight excluding hydrogens is 375 g/mol. The van der Waals surface area contributed by atoms with Crippen molar-refractivity contribution in [3.8, 4) is 0 Å². The van der Waals surface area contributed by atoms with Crippen LogP contribution in [0.4, 0.5) is 24.7 Å². The molecule has 140 valence electrons. The van der Waals surface area contributed by atoms with E-state index in [1.54, 1.807) is 6.92 Å². The quantitative estimate of drug-likeness (QED) is 0.837. The van der Waals surface area contributed by atoms with E-state index in [1.165, 1.54) is 13.0 Å². The van der Waals surface area contributed by atoms with Crippen LogP contribution in [0.15, 0.2) is 28.8 Å². The normalized spacial score (nSPS) is 11.3. The first-order chi connectivity index (χ1) is 12.1. The second kappa shape index (κ2) is 7.77. The fourth-order valence-corrected chi connectivity index (χ4v) is 2.41. The van der Waals surface area contributed by atoms with E-state index in [2.05, 4.69) is 10.5 Å². The van der Waals surface area contributed by atoms with E-state index in [-0.39, 0.29) is 29.5 Å². The lowest BCUT2D eigenvalue weighted by Gasteiger charge is -2.23. The number of aromatic nitrogens is 1. The molecule has 2 amide bonds. The minimum absolute atomic E-state index is 0.0271. The monoisotopic (exact) mass is 389 g/mol. The molecule has 0 unspecified atom stereocenters. The number of carbonyl (C=O) groups excluding carboxylic acids is 2. The van der Waals surface area contributed by atoms with Crippen LogP contribution in [0.25, 0.3) is 0 Å². The Morgan fingerprint density at radius 3 is 2.54 bits per heavy atom. The Morgan fingerprint density at radius 1 is 1.31 bits per heavy atom. The summed E-state index contributed by atoms with van der Waals surface area (Å²) in [7, 11) is 0. The summed E-state index contributed by atoms with van der Waals surface area (Å²) in [5, 5.41) is 6.03. The van der Waals surface area contributed by atoms with Crippen LogP contribution in [-0.2, 0) is 15.8 Å². The van der Waals surface area contributed by atoms with Crippen molar-refractivity contribution in [3.63, 3.8) is 0 Å². The first kappa shape index (κ1) is 19.8. The third-order valence-corrected chi connectivity index (χ3v) is 3.72. The van der Waals surface area contributed by atoms with Gasteiger partial charge in [0.15, 0.2) is 5.82 Å². The number of alkyl halides is 3. The van der Waals surface area contributed by atoms with Gasteiger partial charge in [0.2, 0.25) is 11.8 Å². The summed E-state index contributed by atoms with van der Waals surface area (Å²) >= 11 is 5.95. The molecule has 0 atom stereocenters. The summed E-state index contributed by atoms with van der Waals surface area (Å²) in [6.45, 7) is 2.67. The van der Waals surface area contributed by atoms with Crippen molar-refractivity contribution in [1.29, 1.82) is 0 Å². The van der Waals surface area contributed by atoms with Crippen molar-refractivity contribution in [2.24, 2.45) is 0 Å². The first-order valence-corrected chi connectivity index (χ1v) is 7.83. The molecule has 0 spiro atoms. The Morgan fingerprint density at radius 2 is 2.00 bits per heavy atom. The Hall–Kier alpha value is -2.55. The molecular formula is C16H15ClF3N3O3. The van der Waals surface area contributed by atoms with Gasteiger partial charge in [-0.3, -0.25) is 9.59 Å². The van der Waals surface area contributed by atoms with Crippen LogP contribution >= 0.6 is 11.6 Å². The van der Waals surface area contributed by atoms with Gasteiger partial charge in [0, 0.05) is 26.0 Å². The van der Waals surface area contributed by atoms with Gasteiger partial charge < -0.3 is 14.7 Å². The highest BCUT2D eigenvalue weighted by atomic mass is 35.5. The summed E-state index contributed by atoms with van der Waals surface area (Å²) in [6.07, 6.45) is -4.75. The molecule has 1 heterocycles. The van der Waals surface area contributed by atoms with Crippen molar-refractivity contribution < 1.29 is 27.3 Å². The highest BCUT2D eigenvalue weighted by molar-refractivity contribution is 6.33. The van der Waals surface area contributed by atoms with Gasteiger partial charge >= 0.3 is 6.18 Å².